The van der Waals surface area contributed by atoms with Gasteiger partial charge >= 0.3 is 0 Å². The normalized spacial score (nSPS) is 11.8. The van der Waals surface area contributed by atoms with Gasteiger partial charge in [-0.25, -0.2) is 0 Å². The minimum atomic E-state index is -0.111. The molecule has 0 aliphatic heterocycles. The molecule has 0 heterocycles. The van der Waals surface area contributed by atoms with Crippen molar-refractivity contribution in [3.8, 4) is 11.5 Å². The number of carbonyl (C=O) groups is 1. The summed E-state index contributed by atoms with van der Waals surface area (Å²) in [5.41, 5.74) is 0.964. The summed E-state index contributed by atoms with van der Waals surface area (Å²) in [6.45, 7) is 2.66. The van der Waals surface area contributed by atoms with E-state index in [9.17, 15) is 4.79 Å². The summed E-state index contributed by atoms with van der Waals surface area (Å²) in [5.74, 6) is 1.59. The van der Waals surface area contributed by atoms with Crippen molar-refractivity contribution in [1.82, 2.24) is 5.32 Å². The standard InChI is InChI=1S/C20H25NO3/c1-16(21-20(22)14-8-9-15-23-2)18-12-6-7-13-19(18)24-17-10-4-3-5-11-17/h3-7,10-13,16H,8-9,14-15H2,1-2H3,(H,21,22). The maximum atomic E-state index is 12.1. The van der Waals surface area contributed by atoms with Gasteiger partial charge in [0.2, 0.25) is 5.91 Å². The second-order valence-corrected chi connectivity index (χ2v) is 5.69. The van der Waals surface area contributed by atoms with Crippen LogP contribution in [0.15, 0.2) is 54.6 Å². The van der Waals surface area contributed by atoms with Crippen LogP contribution in [0.2, 0.25) is 0 Å². The molecule has 1 atom stereocenters. The van der Waals surface area contributed by atoms with Crippen molar-refractivity contribution in [2.45, 2.75) is 32.2 Å². The number of nitrogens with one attached hydrogen (secondary N) is 1. The zero-order chi connectivity index (χ0) is 17.2. The fraction of sp³-hybridized carbons (Fsp3) is 0.350. The number of rotatable bonds is 9. The van der Waals surface area contributed by atoms with E-state index < -0.39 is 0 Å². The summed E-state index contributed by atoms with van der Waals surface area (Å²) in [7, 11) is 1.67. The van der Waals surface area contributed by atoms with Gasteiger partial charge in [0.05, 0.1) is 6.04 Å². The Labute approximate surface area is 143 Å². The van der Waals surface area contributed by atoms with Gasteiger partial charge in [-0.3, -0.25) is 4.79 Å². The van der Waals surface area contributed by atoms with Crippen molar-refractivity contribution < 1.29 is 14.3 Å². The quantitative estimate of drug-likeness (QED) is 0.691. The van der Waals surface area contributed by atoms with Crippen LogP contribution in [0, 0.1) is 0 Å². The average molecular weight is 327 g/mol. The Morgan fingerprint density at radius 1 is 1.04 bits per heavy atom. The molecule has 0 spiro atoms. The first-order valence-electron chi connectivity index (χ1n) is 8.31. The summed E-state index contributed by atoms with van der Waals surface area (Å²) in [5, 5.41) is 3.04. The minimum absolute atomic E-state index is 0.0492. The molecule has 1 N–H and O–H groups in total. The lowest BCUT2D eigenvalue weighted by Crippen LogP contribution is -2.26. The molecule has 2 rings (SSSR count). The molecule has 0 aromatic heterocycles. The second kappa shape index (κ2) is 9.73. The third-order valence-electron chi connectivity index (χ3n) is 3.74. The predicted molar refractivity (Wildman–Crippen MR) is 95.2 cm³/mol. The van der Waals surface area contributed by atoms with Crippen molar-refractivity contribution in [3.63, 3.8) is 0 Å². The zero-order valence-electron chi connectivity index (χ0n) is 14.3. The number of hydrogen-bond donors (Lipinski definition) is 1. The number of ether oxygens (including phenoxy) is 2. The molecule has 2 aromatic carbocycles. The number of hydrogen-bond acceptors (Lipinski definition) is 3. The molecule has 4 nitrogen and oxygen atoms in total. The fourth-order valence-electron chi connectivity index (χ4n) is 2.47. The molecule has 0 saturated carbocycles. The monoisotopic (exact) mass is 327 g/mol. The van der Waals surface area contributed by atoms with Crippen LogP contribution in [0.3, 0.4) is 0 Å². The number of methoxy groups -OCH3 is 1. The number of amides is 1. The third-order valence-corrected chi connectivity index (χ3v) is 3.74. The summed E-state index contributed by atoms with van der Waals surface area (Å²) in [6.07, 6.45) is 2.23. The van der Waals surface area contributed by atoms with E-state index in [0.717, 1.165) is 29.9 Å². The molecule has 0 bridgehead atoms. The Bertz CT molecular complexity index is 628. The lowest BCUT2D eigenvalue weighted by molar-refractivity contribution is -0.121. The molecule has 0 radical (unpaired) electrons. The van der Waals surface area contributed by atoms with Crippen LogP contribution >= 0.6 is 0 Å². The SMILES string of the molecule is COCCCCC(=O)NC(C)c1ccccc1Oc1ccccc1. The lowest BCUT2D eigenvalue weighted by atomic mass is 10.1. The van der Waals surface area contributed by atoms with Crippen LogP contribution in [-0.2, 0) is 9.53 Å². The molecular formula is C20H25NO3. The highest BCUT2D eigenvalue weighted by molar-refractivity contribution is 5.76. The van der Waals surface area contributed by atoms with Crippen molar-refractivity contribution in [3.05, 3.63) is 60.2 Å². The molecule has 1 amide bonds. The first-order chi connectivity index (χ1) is 11.7. The zero-order valence-corrected chi connectivity index (χ0v) is 14.3. The molecule has 0 aliphatic carbocycles. The van der Waals surface area contributed by atoms with E-state index in [2.05, 4.69) is 5.32 Å². The van der Waals surface area contributed by atoms with Gasteiger partial charge in [0.15, 0.2) is 0 Å². The predicted octanol–water partition coefficient (Wildman–Crippen LogP) is 4.47. The Morgan fingerprint density at radius 3 is 2.50 bits per heavy atom. The maximum Gasteiger partial charge on any atom is 0.220 e. The molecule has 0 saturated heterocycles. The molecule has 4 heteroatoms. The van der Waals surface area contributed by atoms with Crippen molar-refractivity contribution in [2.24, 2.45) is 0 Å². The summed E-state index contributed by atoms with van der Waals surface area (Å²) < 4.78 is 11.0. The van der Waals surface area contributed by atoms with Gasteiger partial charge in [0.25, 0.3) is 0 Å². The van der Waals surface area contributed by atoms with Crippen molar-refractivity contribution in [2.75, 3.05) is 13.7 Å². The highest BCUT2D eigenvalue weighted by atomic mass is 16.5. The van der Waals surface area contributed by atoms with Gasteiger partial charge in [-0.2, -0.15) is 0 Å². The van der Waals surface area contributed by atoms with E-state index in [0.29, 0.717) is 13.0 Å². The van der Waals surface area contributed by atoms with Crippen LogP contribution in [0.5, 0.6) is 11.5 Å². The van der Waals surface area contributed by atoms with E-state index in [4.69, 9.17) is 9.47 Å². The molecule has 0 aliphatic rings. The highest BCUT2D eigenvalue weighted by Crippen LogP contribution is 2.29. The maximum absolute atomic E-state index is 12.1. The first-order valence-corrected chi connectivity index (χ1v) is 8.31. The Balaban J connectivity index is 1.96. The summed E-state index contributed by atoms with van der Waals surface area (Å²) >= 11 is 0. The molecular weight excluding hydrogens is 302 g/mol. The average Bonchev–Trinajstić information content (AvgIpc) is 2.60. The minimum Gasteiger partial charge on any atom is -0.457 e. The molecule has 2 aromatic rings. The van der Waals surface area contributed by atoms with Gasteiger partial charge < -0.3 is 14.8 Å². The van der Waals surface area contributed by atoms with E-state index in [1.165, 1.54) is 0 Å². The van der Waals surface area contributed by atoms with Crippen LogP contribution in [0.4, 0.5) is 0 Å². The first kappa shape index (κ1) is 18.0. The topological polar surface area (TPSA) is 47.6 Å². The molecule has 24 heavy (non-hydrogen) atoms. The van der Waals surface area contributed by atoms with Crippen LogP contribution < -0.4 is 10.1 Å². The Hall–Kier alpha value is -2.33. The Morgan fingerprint density at radius 2 is 1.75 bits per heavy atom. The van der Waals surface area contributed by atoms with Crippen LogP contribution in [0.25, 0.3) is 0 Å². The summed E-state index contributed by atoms with van der Waals surface area (Å²) in [6, 6.07) is 17.3. The molecule has 128 valence electrons. The van der Waals surface area contributed by atoms with Crippen LogP contribution in [0.1, 0.15) is 37.8 Å². The summed E-state index contributed by atoms with van der Waals surface area (Å²) in [4.78, 5) is 12.1. The van der Waals surface area contributed by atoms with Crippen molar-refractivity contribution in [1.29, 1.82) is 0 Å². The van der Waals surface area contributed by atoms with E-state index in [1.807, 2.05) is 61.5 Å². The molecule has 1 unspecified atom stereocenters. The largest absolute Gasteiger partial charge is 0.457 e. The number of carbonyl (C=O) groups excluding carboxylic acids is 1. The van der Waals surface area contributed by atoms with E-state index in [1.54, 1.807) is 7.11 Å². The lowest BCUT2D eigenvalue weighted by Gasteiger charge is -2.18. The van der Waals surface area contributed by atoms with Gasteiger partial charge in [-0.15, -0.1) is 0 Å². The van der Waals surface area contributed by atoms with Gasteiger partial charge in [-0.05, 0) is 38.0 Å². The fourth-order valence-corrected chi connectivity index (χ4v) is 2.47. The Kier molecular flexibility index (Phi) is 7.30. The smallest absolute Gasteiger partial charge is 0.220 e. The second-order valence-electron chi connectivity index (χ2n) is 5.69. The van der Waals surface area contributed by atoms with Gasteiger partial charge in [-0.1, -0.05) is 36.4 Å². The van der Waals surface area contributed by atoms with Crippen LogP contribution in [-0.4, -0.2) is 19.6 Å². The number of benzene rings is 2. The number of unbranched alkanes of at least 4 members (excludes halogenated alkanes) is 1. The van der Waals surface area contributed by atoms with Gasteiger partial charge in [0, 0.05) is 25.7 Å². The third kappa shape index (κ3) is 5.70. The van der Waals surface area contributed by atoms with Crippen molar-refractivity contribution >= 4 is 5.91 Å². The number of para-hydroxylation sites is 2. The molecule has 0 fully saturated rings. The highest BCUT2D eigenvalue weighted by Gasteiger charge is 2.14. The van der Waals surface area contributed by atoms with E-state index in [-0.39, 0.29) is 11.9 Å². The van der Waals surface area contributed by atoms with Gasteiger partial charge in [0.1, 0.15) is 11.5 Å². The van der Waals surface area contributed by atoms with E-state index >= 15 is 0 Å².